The Morgan fingerprint density at radius 2 is 2.16 bits per heavy atom. The van der Waals surface area contributed by atoms with Gasteiger partial charge in [0.15, 0.2) is 0 Å². The zero-order valence-electron chi connectivity index (χ0n) is 11.4. The van der Waals surface area contributed by atoms with E-state index in [4.69, 9.17) is 0 Å². The second-order valence-electron chi connectivity index (χ2n) is 5.42. The van der Waals surface area contributed by atoms with Crippen LogP contribution in [0.3, 0.4) is 0 Å². The van der Waals surface area contributed by atoms with Crippen molar-refractivity contribution in [2.45, 2.75) is 26.9 Å². The Bertz CT molecular complexity index is 476. The van der Waals surface area contributed by atoms with Gasteiger partial charge in [-0.15, -0.1) is 0 Å². The monoisotopic (exact) mass is 264 g/mol. The molecule has 1 N–H and O–H groups in total. The number of anilines is 1. The van der Waals surface area contributed by atoms with Gasteiger partial charge in [0.25, 0.3) is 5.69 Å². The Balaban J connectivity index is 2.27. The zero-order valence-corrected chi connectivity index (χ0v) is 11.4. The lowest BCUT2D eigenvalue weighted by Gasteiger charge is -2.37. The van der Waals surface area contributed by atoms with Crippen molar-refractivity contribution in [3.05, 3.63) is 33.9 Å². The van der Waals surface area contributed by atoms with Crippen molar-refractivity contribution >= 4 is 11.4 Å². The molecule has 104 valence electrons. The fourth-order valence-electron chi connectivity index (χ4n) is 2.60. The van der Waals surface area contributed by atoms with Crippen LogP contribution in [0.15, 0.2) is 18.2 Å². The summed E-state index contributed by atoms with van der Waals surface area (Å²) in [5.41, 5.74) is 1.59. The average molecular weight is 264 g/mol. The number of nitro groups is 1. The van der Waals surface area contributed by atoms with Crippen LogP contribution in [0.4, 0.5) is 11.4 Å². The maximum absolute atomic E-state index is 10.8. The van der Waals surface area contributed by atoms with Gasteiger partial charge in [0.05, 0.1) is 11.5 Å². The number of aliphatic hydroxyl groups is 1. The van der Waals surface area contributed by atoms with E-state index in [9.17, 15) is 15.2 Å². The number of hydrogen-bond donors (Lipinski definition) is 1. The summed E-state index contributed by atoms with van der Waals surface area (Å²) in [5.74, 6) is 1.29. The van der Waals surface area contributed by atoms with Crippen LogP contribution in [0.1, 0.15) is 25.8 Å². The molecule has 5 heteroatoms. The summed E-state index contributed by atoms with van der Waals surface area (Å²) in [6.07, 6.45) is 1.11. The SMILES string of the molecule is CC1CCN(c2ccc([N+](=O)[O-])cc2CO)CC1C. The topological polar surface area (TPSA) is 66.6 Å². The van der Waals surface area contributed by atoms with Crippen molar-refractivity contribution < 1.29 is 10.0 Å². The predicted molar refractivity (Wildman–Crippen MR) is 74.2 cm³/mol. The number of piperidine rings is 1. The van der Waals surface area contributed by atoms with Gasteiger partial charge in [-0.25, -0.2) is 0 Å². The minimum atomic E-state index is -0.427. The molecule has 0 aliphatic carbocycles. The van der Waals surface area contributed by atoms with Gasteiger partial charge < -0.3 is 10.0 Å². The Morgan fingerprint density at radius 3 is 2.74 bits per heavy atom. The molecule has 2 unspecified atom stereocenters. The highest BCUT2D eigenvalue weighted by molar-refractivity contribution is 5.58. The van der Waals surface area contributed by atoms with Crippen LogP contribution in [-0.2, 0) is 6.61 Å². The number of nitrogens with zero attached hydrogens (tertiary/aromatic N) is 2. The van der Waals surface area contributed by atoms with Crippen LogP contribution in [0.25, 0.3) is 0 Å². The Labute approximate surface area is 113 Å². The second-order valence-corrected chi connectivity index (χ2v) is 5.42. The molecule has 2 atom stereocenters. The smallest absolute Gasteiger partial charge is 0.269 e. The predicted octanol–water partition coefficient (Wildman–Crippen LogP) is 2.57. The summed E-state index contributed by atoms with van der Waals surface area (Å²) in [5, 5.41) is 20.2. The van der Waals surface area contributed by atoms with Crippen LogP contribution in [-0.4, -0.2) is 23.1 Å². The number of benzene rings is 1. The average Bonchev–Trinajstić information content (AvgIpc) is 2.41. The first kappa shape index (κ1) is 13.8. The maximum Gasteiger partial charge on any atom is 0.269 e. The highest BCUT2D eigenvalue weighted by Gasteiger charge is 2.24. The highest BCUT2D eigenvalue weighted by atomic mass is 16.6. The van der Waals surface area contributed by atoms with Crippen LogP contribution in [0.5, 0.6) is 0 Å². The number of rotatable bonds is 3. The quantitative estimate of drug-likeness (QED) is 0.673. The summed E-state index contributed by atoms with van der Waals surface area (Å²) in [6.45, 7) is 6.19. The van der Waals surface area contributed by atoms with Crippen LogP contribution < -0.4 is 4.90 Å². The van der Waals surface area contributed by atoms with Gasteiger partial charge in [-0.05, 0) is 24.3 Å². The standard InChI is InChI=1S/C14H20N2O3/c1-10-5-6-15(8-11(10)2)14-4-3-13(16(18)19)7-12(14)9-17/h3-4,7,10-11,17H,5-6,8-9H2,1-2H3. The molecule has 1 saturated heterocycles. The minimum absolute atomic E-state index is 0.0335. The second kappa shape index (κ2) is 5.57. The van der Waals surface area contributed by atoms with Gasteiger partial charge in [-0.1, -0.05) is 13.8 Å². The Morgan fingerprint density at radius 1 is 1.42 bits per heavy atom. The summed E-state index contributed by atoms with van der Waals surface area (Å²) in [7, 11) is 0. The highest BCUT2D eigenvalue weighted by Crippen LogP contribution is 2.31. The number of aliphatic hydroxyl groups excluding tert-OH is 1. The molecule has 1 aromatic carbocycles. The van der Waals surface area contributed by atoms with E-state index in [0.29, 0.717) is 17.4 Å². The van der Waals surface area contributed by atoms with E-state index in [1.54, 1.807) is 6.07 Å². The maximum atomic E-state index is 10.8. The number of non-ortho nitro benzene ring substituents is 1. The first-order valence-electron chi connectivity index (χ1n) is 6.66. The molecule has 0 bridgehead atoms. The van der Waals surface area contributed by atoms with Gasteiger partial charge in [-0.2, -0.15) is 0 Å². The molecule has 1 aliphatic rings. The molecule has 1 aromatic rings. The molecule has 0 aromatic heterocycles. The Hall–Kier alpha value is -1.62. The van der Waals surface area contributed by atoms with Crippen LogP contribution in [0, 0.1) is 22.0 Å². The largest absolute Gasteiger partial charge is 0.392 e. The molecule has 19 heavy (non-hydrogen) atoms. The molecule has 0 amide bonds. The van der Waals surface area contributed by atoms with E-state index in [-0.39, 0.29) is 12.3 Å². The molecular weight excluding hydrogens is 244 g/mol. The van der Waals surface area contributed by atoms with E-state index >= 15 is 0 Å². The summed E-state index contributed by atoms with van der Waals surface area (Å²) < 4.78 is 0. The van der Waals surface area contributed by atoms with Gasteiger partial charge in [0.1, 0.15) is 0 Å². The molecule has 1 fully saturated rings. The van der Waals surface area contributed by atoms with Crippen LogP contribution >= 0.6 is 0 Å². The van der Waals surface area contributed by atoms with Crippen molar-refractivity contribution in [2.75, 3.05) is 18.0 Å². The van der Waals surface area contributed by atoms with E-state index in [2.05, 4.69) is 18.7 Å². The van der Waals surface area contributed by atoms with Crippen molar-refractivity contribution in [1.29, 1.82) is 0 Å². The summed E-state index contributed by atoms with van der Waals surface area (Å²) in [4.78, 5) is 12.6. The van der Waals surface area contributed by atoms with Crippen molar-refractivity contribution in [3.8, 4) is 0 Å². The first-order chi connectivity index (χ1) is 9.02. The fourth-order valence-corrected chi connectivity index (χ4v) is 2.60. The van der Waals surface area contributed by atoms with Gasteiger partial charge in [0, 0.05) is 36.5 Å². The lowest BCUT2D eigenvalue weighted by Crippen LogP contribution is -2.38. The molecule has 1 heterocycles. The van der Waals surface area contributed by atoms with Crippen LogP contribution in [0.2, 0.25) is 0 Å². The van der Waals surface area contributed by atoms with E-state index in [1.165, 1.54) is 12.1 Å². The third kappa shape index (κ3) is 2.87. The number of hydrogen-bond acceptors (Lipinski definition) is 4. The van der Waals surface area contributed by atoms with Crippen molar-refractivity contribution in [3.63, 3.8) is 0 Å². The third-order valence-electron chi connectivity index (χ3n) is 4.12. The molecule has 0 radical (unpaired) electrons. The van der Waals surface area contributed by atoms with Gasteiger partial charge in [-0.3, -0.25) is 10.1 Å². The lowest BCUT2D eigenvalue weighted by molar-refractivity contribution is -0.384. The van der Waals surface area contributed by atoms with E-state index < -0.39 is 4.92 Å². The van der Waals surface area contributed by atoms with E-state index in [0.717, 1.165) is 25.2 Å². The first-order valence-corrected chi connectivity index (χ1v) is 6.66. The fraction of sp³-hybridized carbons (Fsp3) is 0.571. The molecule has 5 nitrogen and oxygen atoms in total. The summed E-state index contributed by atoms with van der Waals surface area (Å²) >= 11 is 0. The molecule has 1 aliphatic heterocycles. The normalized spacial score (nSPS) is 23.4. The minimum Gasteiger partial charge on any atom is -0.392 e. The van der Waals surface area contributed by atoms with Crippen molar-refractivity contribution in [2.24, 2.45) is 11.8 Å². The lowest BCUT2D eigenvalue weighted by atomic mass is 9.88. The van der Waals surface area contributed by atoms with Gasteiger partial charge >= 0.3 is 0 Å². The molecule has 0 saturated carbocycles. The van der Waals surface area contributed by atoms with E-state index in [1.807, 2.05) is 0 Å². The molecule has 0 spiro atoms. The third-order valence-corrected chi connectivity index (χ3v) is 4.12. The number of nitro benzene ring substituents is 1. The summed E-state index contributed by atoms with van der Waals surface area (Å²) in [6, 6.07) is 4.74. The zero-order chi connectivity index (χ0) is 14.0. The van der Waals surface area contributed by atoms with Gasteiger partial charge in [0.2, 0.25) is 0 Å². The molecule has 2 rings (SSSR count). The Kier molecular flexibility index (Phi) is 4.04. The molecular formula is C14H20N2O3. The van der Waals surface area contributed by atoms with Crippen molar-refractivity contribution in [1.82, 2.24) is 0 Å².